The number of nitrogens with zero attached hydrogens (tertiary/aromatic N) is 1. The Balaban J connectivity index is 1.92. The van der Waals surface area contributed by atoms with Crippen molar-refractivity contribution in [3.8, 4) is 11.1 Å². The molecule has 1 fully saturated rings. The van der Waals surface area contributed by atoms with Crippen molar-refractivity contribution in [2.75, 3.05) is 13.5 Å². The van der Waals surface area contributed by atoms with Crippen molar-refractivity contribution in [2.45, 2.75) is 16.6 Å². The number of benzene rings is 2. The van der Waals surface area contributed by atoms with Gasteiger partial charge in [-0.05, 0) is 35.4 Å². The second-order valence-corrected chi connectivity index (χ2v) is 9.35. The molecule has 0 bridgehead atoms. The standard InChI is InChI=1S/C19H18BrNO5S/c1-21-11-16(19(23)24)17(10-18(21)22)27(25,26)15-8-4-13(5-9-15)12-2-6-14(20)7-3-12/h2-9,16-17H,10-11H2,1H3,(H,23,24)/i1D3. The molecule has 1 N–H and O–H groups in total. The lowest BCUT2D eigenvalue weighted by molar-refractivity contribution is -0.146. The van der Waals surface area contributed by atoms with Gasteiger partial charge in [-0.1, -0.05) is 40.2 Å². The Labute approximate surface area is 170 Å². The molecular weight excluding hydrogens is 434 g/mol. The topological polar surface area (TPSA) is 91.8 Å². The number of carbonyl (C=O) groups is 2. The first-order valence-electron chi connectivity index (χ1n) is 9.54. The van der Waals surface area contributed by atoms with Crippen molar-refractivity contribution in [1.29, 1.82) is 0 Å². The third kappa shape index (κ3) is 3.91. The van der Waals surface area contributed by atoms with E-state index in [0.29, 0.717) is 4.90 Å². The largest absolute Gasteiger partial charge is 0.481 e. The van der Waals surface area contributed by atoms with Gasteiger partial charge < -0.3 is 10.0 Å². The second-order valence-electron chi connectivity index (χ2n) is 6.27. The number of amides is 1. The van der Waals surface area contributed by atoms with Gasteiger partial charge in [0.1, 0.15) is 0 Å². The quantitative estimate of drug-likeness (QED) is 0.766. The van der Waals surface area contributed by atoms with Crippen molar-refractivity contribution >= 4 is 37.6 Å². The van der Waals surface area contributed by atoms with Crippen LogP contribution in [0.15, 0.2) is 57.9 Å². The van der Waals surface area contributed by atoms with E-state index in [4.69, 9.17) is 4.11 Å². The summed E-state index contributed by atoms with van der Waals surface area (Å²) in [6, 6.07) is 13.4. The first kappa shape index (κ1) is 15.8. The van der Waals surface area contributed by atoms with Crippen molar-refractivity contribution in [1.82, 2.24) is 4.90 Å². The van der Waals surface area contributed by atoms with Gasteiger partial charge in [-0.3, -0.25) is 9.59 Å². The average Bonchev–Trinajstić information content (AvgIpc) is 2.67. The lowest BCUT2D eigenvalue weighted by Gasteiger charge is -2.33. The summed E-state index contributed by atoms with van der Waals surface area (Å²) in [6.07, 6.45) is -0.702. The van der Waals surface area contributed by atoms with Crippen LogP contribution >= 0.6 is 15.9 Å². The molecule has 2 atom stereocenters. The molecule has 0 aromatic heterocycles. The molecule has 1 aliphatic heterocycles. The molecule has 3 rings (SSSR count). The maximum atomic E-state index is 13.1. The number of carboxylic acid groups (broad SMARTS) is 1. The maximum Gasteiger partial charge on any atom is 0.309 e. The lowest BCUT2D eigenvalue weighted by atomic mass is 9.97. The number of hydrogen-bond donors (Lipinski definition) is 1. The van der Waals surface area contributed by atoms with Gasteiger partial charge in [-0.25, -0.2) is 8.42 Å². The first-order valence-corrected chi connectivity index (χ1v) is 10.4. The zero-order valence-corrected chi connectivity index (χ0v) is 16.4. The average molecular weight is 455 g/mol. The SMILES string of the molecule is [2H]C([2H])([2H])N1CC(C(=O)O)C(S(=O)(=O)c2ccc(-c3ccc(Br)cc3)cc2)CC1=O. The van der Waals surface area contributed by atoms with Crippen LogP contribution < -0.4 is 0 Å². The molecule has 0 spiro atoms. The fraction of sp³-hybridized carbons (Fsp3) is 0.263. The van der Waals surface area contributed by atoms with Gasteiger partial charge in [0.25, 0.3) is 0 Å². The molecule has 1 amide bonds. The zero-order valence-electron chi connectivity index (χ0n) is 17.0. The number of halogens is 1. The minimum Gasteiger partial charge on any atom is -0.481 e. The van der Waals surface area contributed by atoms with Crippen molar-refractivity contribution in [2.24, 2.45) is 5.92 Å². The van der Waals surface area contributed by atoms with E-state index in [1.165, 1.54) is 12.1 Å². The summed E-state index contributed by atoms with van der Waals surface area (Å²) in [7, 11) is -4.18. The van der Waals surface area contributed by atoms with Gasteiger partial charge in [-0.15, -0.1) is 0 Å². The lowest BCUT2D eigenvalue weighted by Crippen LogP contribution is -2.50. The smallest absolute Gasteiger partial charge is 0.309 e. The van der Waals surface area contributed by atoms with E-state index in [0.717, 1.165) is 15.6 Å². The zero-order chi connectivity index (χ0) is 22.3. The number of aliphatic carboxylic acids is 1. The summed E-state index contributed by atoms with van der Waals surface area (Å²) in [6.45, 7) is -3.52. The van der Waals surface area contributed by atoms with Crippen LogP contribution in [0.3, 0.4) is 0 Å². The number of carbonyl (C=O) groups excluding carboxylic acids is 1. The van der Waals surface area contributed by atoms with Crippen LogP contribution in [-0.2, 0) is 19.4 Å². The highest BCUT2D eigenvalue weighted by atomic mass is 79.9. The van der Waals surface area contributed by atoms with Gasteiger partial charge in [0.2, 0.25) is 5.91 Å². The van der Waals surface area contributed by atoms with Crippen LogP contribution in [0.5, 0.6) is 0 Å². The summed E-state index contributed by atoms with van der Waals surface area (Å²) in [5, 5.41) is 7.97. The highest BCUT2D eigenvalue weighted by Gasteiger charge is 2.45. The molecule has 0 aliphatic carbocycles. The molecule has 27 heavy (non-hydrogen) atoms. The van der Waals surface area contributed by atoms with Crippen LogP contribution in [0.25, 0.3) is 11.1 Å². The van der Waals surface area contributed by atoms with Crippen molar-refractivity contribution < 1.29 is 27.2 Å². The Morgan fingerprint density at radius 3 is 2.22 bits per heavy atom. The number of rotatable bonds is 4. The molecule has 1 saturated heterocycles. The van der Waals surface area contributed by atoms with Gasteiger partial charge in [0, 0.05) is 28.5 Å². The predicted octanol–water partition coefficient (Wildman–Crippen LogP) is 2.82. The van der Waals surface area contributed by atoms with E-state index in [2.05, 4.69) is 15.9 Å². The molecule has 2 unspecified atom stereocenters. The van der Waals surface area contributed by atoms with Crippen LogP contribution in [0.1, 0.15) is 10.5 Å². The summed E-state index contributed by atoms with van der Waals surface area (Å²) < 4.78 is 49.3. The highest BCUT2D eigenvalue weighted by molar-refractivity contribution is 9.10. The number of sulfone groups is 1. The second kappa shape index (κ2) is 7.44. The van der Waals surface area contributed by atoms with Crippen LogP contribution in [0.4, 0.5) is 0 Å². The molecule has 1 aliphatic rings. The Morgan fingerprint density at radius 2 is 1.70 bits per heavy atom. The number of piperidine rings is 1. The fourth-order valence-electron chi connectivity index (χ4n) is 3.06. The number of likely N-dealkylation sites (tertiary alicyclic amines) is 1. The van der Waals surface area contributed by atoms with E-state index in [1.807, 2.05) is 24.3 Å². The molecule has 2 aromatic rings. The van der Waals surface area contributed by atoms with E-state index in [1.54, 1.807) is 12.1 Å². The van der Waals surface area contributed by atoms with E-state index in [-0.39, 0.29) is 4.90 Å². The van der Waals surface area contributed by atoms with Crippen LogP contribution in [-0.4, -0.2) is 49.1 Å². The number of hydrogen-bond acceptors (Lipinski definition) is 4. The third-order valence-corrected chi connectivity index (χ3v) is 7.33. The molecule has 2 aromatic carbocycles. The minimum atomic E-state index is -4.18. The van der Waals surface area contributed by atoms with Gasteiger partial charge >= 0.3 is 5.97 Å². The summed E-state index contributed by atoms with van der Waals surface area (Å²) in [4.78, 5) is 24.3. The first-order chi connectivity index (χ1) is 13.9. The predicted molar refractivity (Wildman–Crippen MR) is 104 cm³/mol. The summed E-state index contributed by atoms with van der Waals surface area (Å²) >= 11 is 3.34. The molecule has 8 heteroatoms. The van der Waals surface area contributed by atoms with Gasteiger partial charge in [0.05, 0.1) is 16.1 Å². The van der Waals surface area contributed by atoms with Gasteiger partial charge in [-0.2, -0.15) is 0 Å². The number of carboxylic acids is 1. The maximum absolute atomic E-state index is 13.1. The fourth-order valence-corrected chi connectivity index (χ4v) is 5.18. The molecule has 6 nitrogen and oxygen atoms in total. The molecule has 0 radical (unpaired) electrons. The third-order valence-electron chi connectivity index (χ3n) is 4.58. The van der Waals surface area contributed by atoms with Crippen LogP contribution in [0.2, 0.25) is 0 Å². The monoisotopic (exact) mass is 454 g/mol. The summed E-state index contributed by atoms with van der Waals surface area (Å²) in [5.74, 6) is -3.91. The Hall–Kier alpha value is -2.19. The molecule has 142 valence electrons. The Kier molecular flexibility index (Phi) is 4.36. The highest BCUT2D eigenvalue weighted by Crippen LogP contribution is 2.31. The molecule has 1 heterocycles. The van der Waals surface area contributed by atoms with Crippen molar-refractivity contribution in [3.05, 3.63) is 53.0 Å². The Morgan fingerprint density at radius 1 is 1.15 bits per heavy atom. The van der Waals surface area contributed by atoms with E-state index < -0.39 is 52.8 Å². The summed E-state index contributed by atoms with van der Waals surface area (Å²) in [5.41, 5.74) is 1.64. The van der Waals surface area contributed by atoms with Crippen molar-refractivity contribution in [3.63, 3.8) is 0 Å². The van der Waals surface area contributed by atoms with Crippen LogP contribution in [0, 0.1) is 5.92 Å². The van der Waals surface area contributed by atoms with Gasteiger partial charge in [0.15, 0.2) is 9.84 Å². The molecule has 0 saturated carbocycles. The minimum absolute atomic E-state index is 0.116. The van der Waals surface area contributed by atoms with E-state index in [9.17, 15) is 23.1 Å². The Bertz CT molecular complexity index is 1070. The normalized spacial score (nSPS) is 22.6. The molecular formula is C19H18BrNO5S. The van der Waals surface area contributed by atoms with E-state index >= 15 is 0 Å².